The number of carbonyl (C=O) groups is 1. The van der Waals surface area contributed by atoms with E-state index in [1.54, 1.807) is 24.5 Å². The number of hydrogen-bond donors (Lipinski definition) is 1. The molecule has 1 saturated heterocycles. The second kappa shape index (κ2) is 8.73. The van der Waals surface area contributed by atoms with E-state index in [9.17, 15) is 9.18 Å². The average Bonchev–Trinajstić information content (AvgIpc) is 2.79. The van der Waals surface area contributed by atoms with Crippen molar-refractivity contribution >= 4 is 17.3 Å². The van der Waals surface area contributed by atoms with E-state index in [2.05, 4.69) is 27.3 Å². The van der Waals surface area contributed by atoms with E-state index < -0.39 is 0 Å². The SMILES string of the molecule is O=C(c1cncc(NCc2ccc(F)cc2)c1)N1CCN(c2ccccc2)CC1. The van der Waals surface area contributed by atoms with Crippen LogP contribution in [0.3, 0.4) is 0 Å². The molecule has 0 spiro atoms. The van der Waals surface area contributed by atoms with Gasteiger partial charge in [0.2, 0.25) is 0 Å². The van der Waals surface area contributed by atoms with Gasteiger partial charge in [-0.1, -0.05) is 30.3 Å². The van der Waals surface area contributed by atoms with Crippen molar-refractivity contribution in [2.75, 3.05) is 36.4 Å². The first-order valence-corrected chi connectivity index (χ1v) is 9.72. The zero-order valence-electron chi connectivity index (χ0n) is 16.1. The van der Waals surface area contributed by atoms with Crippen molar-refractivity contribution in [1.29, 1.82) is 0 Å². The Hall–Kier alpha value is -3.41. The minimum atomic E-state index is -0.254. The van der Waals surface area contributed by atoms with E-state index in [0.717, 1.165) is 24.3 Å². The van der Waals surface area contributed by atoms with Crippen molar-refractivity contribution in [3.63, 3.8) is 0 Å². The molecule has 148 valence electrons. The summed E-state index contributed by atoms with van der Waals surface area (Å²) >= 11 is 0. The summed E-state index contributed by atoms with van der Waals surface area (Å²) < 4.78 is 13.0. The number of carbonyl (C=O) groups excluding carboxylic acids is 1. The fourth-order valence-electron chi connectivity index (χ4n) is 3.45. The average molecular weight is 390 g/mol. The zero-order chi connectivity index (χ0) is 20.1. The highest BCUT2D eigenvalue weighted by Crippen LogP contribution is 2.18. The van der Waals surface area contributed by atoms with E-state index in [0.29, 0.717) is 25.2 Å². The molecular formula is C23H23FN4O. The van der Waals surface area contributed by atoms with Gasteiger partial charge < -0.3 is 15.1 Å². The van der Waals surface area contributed by atoms with Crippen LogP contribution in [0.25, 0.3) is 0 Å². The molecule has 5 nitrogen and oxygen atoms in total. The molecule has 1 fully saturated rings. The molecule has 0 bridgehead atoms. The van der Waals surface area contributed by atoms with Crippen molar-refractivity contribution in [2.45, 2.75) is 6.54 Å². The molecule has 0 aliphatic carbocycles. The molecule has 1 amide bonds. The van der Waals surface area contributed by atoms with Crippen LogP contribution in [0, 0.1) is 5.82 Å². The maximum Gasteiger partial charge on any atom is 0.255 e. The number of benzene rings is 2. The molecule has 2 aromatic carbocycles. The first-order valence-electron chi connectivity index (χ1n) is 9.72. The highest BCUT2D eigenvalue weighted by Gasteiger charge is 2.22. The van der Waals surface area contributed by atoms with Crippen LogP contribution in [0.15, 0.2) is 73.1 Å². The third-order valence-electron chi connectivity index (χ3n) is 5.08. The zero-order valence-corrected chi connectivity index (χ0v) is 16.1. The quantitative estimate of drug-likeness (QED) is 0.720. The van der Waals surface area contributed by atoms with Gasteiger partial charge in [-0.25, -0.2) is 4.39 Å². The van der Waals surface area contributed by atoms with Crippen molar-refractivity contribution in [3.05, 3.63) is 90.0 Å². The summed E-state index contributed by atoms with van der Waals surface area (Å²) in [5.74, 6) is -0.258. The van der Waals surface area contributed by atoms with E-state index in [-0.39, 0.29) is 11.7 Å². The number of para-hydroxylation sites is 1. The Labute approximate surface area is 169 Å². The van der Waals surface area contributed by atoms with Gasteiger partial charge in [0, 0.05) is 50.8 Å². The Bertz CT molecular complexity index is 954. The highest BCUT2D eigenvalue weighted by molar-refractivity contribution is 5.95. The van der Waals surface area contributed by atoms with E-state index in [4.69, 9.17) is 0 Å². The van der Waals surface area contributed by atoms with Crippen molar-refractivity contribution in [3.8, 4) is 0 Å². The Morgan fingerprint density at radius 1 is 0.966 bits per heavy atom. The van der Waals surface area contributed by atoms with Gasteiger partial charge in [-0.15, -0.1) is 0 Å². The third kappa shape index (κ3) is 4.71. The molecule has 0 radical (unpaired) electrons. The summed E-state index contributed by atoms with van der Waals surface area (Å²) in [5.41, 5.74) is 3.48. The van der Waals surface area contributed by atoms with E-state index in [1.165, 1.54) is 17.8 Å². The fourth-order valence-corrected chi connectivity index (χ4v) is 3.45. The highest BCUT2D eigenvalue weighted by atomic mass is 19.1. The number of hydrogen-bond acceptors (Lipinski definition) is 4. The predicted octanol–water partition coefficient (Wildman–Crippen LogP) is 3.80. The summed E-state index contributed by atoms with van der Waals surface area (Å²) in [4.78, 5) is 21.3. The van der Waals surface area contributed by atoms with Crippen LogP contribution in [-0.4, -0.2) is 42.0 Å². The minimum absolute atomic E-state index is 0.00403. The minimum Gasteiger partial charge on any atom is -0.380 e. The maximum atomic E-state index is 13.0. The Morgan fingerprint density at radius 3 is 2.41 bits per heavy atom. The number of aromatic nitrogens is 1. The van der Waals surface area contributed by atoms with Gasteiger partial charge >= 0.3 is 0 Å². The number of halogens is 1. The number of piperazine rings is 1. The number of rotatable bonds is 5. The molecular weight excluding hydrogens is 367 g/mol. The Morgan fingerprint density at radius 2 is 1.69 bits per heavy atom. The third-order valence-corrected chi connectivity index (χ3v) is 5.08. The normalized spacial score (nSPS) is 14.0. The maximum absolute atomic E-state index is 13.0. The molecule has 1 N–H and O–H groups in total. The van der Waals surface area contributed by atoms with Gasteiger partial charge in [-0.3, -0.25) is 9.78 Å². The summed E-state index contributed by atoms with van der Waals surface area (Å²) in [6.07, 6.45) is 3.29. The molecule has 2 heterocycles. The van der Waals surface area contributed by atoms with Gasteiger partial charge in [0.05, 0.1) is 11.3 Å². The summed E-state index contributed by atoms with van der Waals surface area (Å²) in [7, 11) is 0. The molecule has 1 aliphatic heterocycles. The molecule has 0 saturated carbocycles. The van der Waals surface area contributed by atoms with Gasteiger partial charge in [0.15, 0.2) is 0 Å². The Balaban J connectivity index is 1.35. The first kappa shape index (κ1) is 18.9. The summed E-state index contributed by atoms with van der Waals surface area (Å²) in [5, 5.41) is 3.24. The van der Waals surface area contributed by atoms with Crippen LogP contribution < -0.4 is 10.2 Å². The fraction of sp³-hybridized carbons (Fsp3) is 0.217. The van der Waals surface area contributed by atoms with Gasteiger partial charge in [-0.2, -0.15) is 0 Å². The molecule has 6 heteroatoms. The number of pyridine rings is 1. The van der Waals surface area contributed by atoms with Crippen LogP contribution in [-0.2, 0) is 6.54 Å². The number of amides is 1. The summed E-state index contributed by atoms with van der Waals surface area (Å²) in [6, 6.07) is 18.4. The Kier molecular flexibility index (Phi) is 5.70. The van der Waals surface area contributed by atoms with Crippen molar-refractivity contribution < 1.29 is 9.18 Å². The molecule has 1 aromatic heterocycles. The second-order valence-corrected chi connectivity index (χ2v) is 7.06. The second-order valence-electron chi connectivity index (χ2n) is 7.06. The van der Waals surface area contributed by atoms with Crippen molar-refractivity contribution in [1.82, 2.24) is 9.88 Å². The lowest BCUT2D eigenvalue weighted by Crippen LogP contribution is -2.48. The standard InChI is InChI=1S/C23H23FN4O/c24-20-8-6-18(7-9-20)15-26-21-14-19(16-25-17-21)23(29)28-12-10-27(11-13-28)22-4-2-1-3-5-22/h1-9,14,16-17,26H,10-13,15H2. The van der Waals surface area contributed by atoms with Crippen LogP contribution in [0.1, 0.15) is 15.9 Å². The molecule has 0 unspecified atom stereocenters. The number of nitrogens with zero attached hydrogens (tertiary/aromatic N) is 3. The van der Waals surface area contributed by atoms with E-state index in [1.807, 2.05) is 29.2 Å². The molecule has 3 aromatic rings. The van der Waals surface area contributed by atoms with Gasteiger partial charge in [0.25, 0.3) is 5.91 Å². The van der Waals surface area contributed by atoms with Gasteiger partial charge in [-0.05, 0) is 35.9 Å². The van der Waals surface area contributed by atoms with Crippen LogP contribution in [0.2, 0.25) is 0 Å². The van der Waals surface area contributed by atoms with Crippen LogP contribution in [0.4, 0.5) is 15.8 Å². The lowest BCUT2D eigenvalue weighted by Gasteiger charge is -2.36. The van der Waals surface area contributed by atoms with Crippen molar-refractivity contribution in [2.24, 2.45) is 0 Å². The van der Waals surface area contributed by atoms with E-state index >= 15 is 0 Å². The van der Waals surface area contributed by atoms with Gasteiger partial charge in [0.1, 0.15) is 5.82 Å². The van der Waals surface area contributed by atoms with Crippen LogP contribution >= 0.6 is 0 Å². The lowest BCUT2D eigenvalue weighted by molar-refractivity contribution is 0.0746. The number of nitrogens with one attached hydrogen (secondary N) is 1. The van der Waals surface area contributed by atoms with Crippen LogP contribution in [0.5, 0.6) is 0 Å². The molecule has 1 aliphatic rings. The monoisotopic (exact) mass is 390 g/mol. The smallest absolute Gasteiger partial charge is 0.255 e. The largest absolute Gasteiger partial charge is 0.380 e. The first-order chi connectivity index (χ1) is 14.2. The summed E-state index contributed by atoms with van der Waals surface area (Å²) in [6.45, 7) is 3.52. The number of anilines is 2. The lowest BCUT2D eigenvalue weighted by atomic mass is 10.2. The molecule has 0 atom stereocenters. The predicted molar refractivity (Wildman–Crippen MR) is 113 cm³/mol. The topological polar surface area (TPSA) is 48.5 Å². The molecule has 4 rings (SSSR count). The molecule has 29 heavy (non-hydrogen) atoms.